The number of nitrogens with zero attached hydrogens (tertiary/aromatic N) is 1. The van der Waals surface area contributed by atoms with E-state index in [1.165, 1.54) is 16.7 Å². The lowest BCUT2D eigenvalue weighted by Gasteiger charge is -2.17. The van der Waals surface area contributed by atoms with Gasteiger partial charge >= 0.3 is 0 Å². The van der Waals surface area contributed by atoms with Crippen LogP contribution in [0.1, 0.15) is 44.3 Å². The molecule has 0 saturated carbocycles. The molecule has 0 aliphatic carbocycles. The molecular formula is C27H28N2O4. The Hall–Kier alpha value is -3.93. The zero-order valence-electron chi connectivity index (χ0n) is 19.6. The van der Waals surface area contributed by atoms with Crippen molar-refractivity contribution in [2.24, 2.45) is 7.05 Å². The van der Waals surface area contributed by atoms with Crippen LogP contribution in [0, 0.1) is 20.8 Å². The van der Waals surface area contributed by atoms with Gasteiger partial charge in [-0.15, -0.1) is 0 Å². The predicted molar refractivity (Wildman–Crippen MR) is 130 cm³/mol. The van der Waals surface area contributed by atoms with Gasteiger partial charge < -0.3 is 14.6 Å². The number of hydrogen-bond acceptors (Lipinski definition) is 4. The predicted octanol–water partition coefficient (Wildman–Crippen LogP) is 4.89. The Morgan fingerprint density at radius 1 is 1.09 bits per heavy atom. The van der Waals surface area contributed by atoms with E-state index in [9.17, 15) is 14.4 Å². The van der Waals surface area contributed by atoms with Crippen LogP contribution >= 0.6 is 0 Å². The quantitative estimate of drug-likeness (QED) is 0.416. The van der Waals surface area contributed by atoms with Crippen LogP contribution in [0.4, 0.5) is 0 Å². The molecule has 170 valence electrons. The summed E-state index contributed by atoms with van der Waals surface area (Å²) in [7, 11) is 1.59. The van der Waals surface area contributed by atoms with Crippen LogP contribution in [0.25, 0.3) is 11.1 Å². The van der Waals surface area contributed by atoms with E-state index >= 15 is 0 Å². The highest BCUT2D eigenvalue weighted by Crippen LogP contribution is 2.37. The molecule has 2 aromatic carbocycles. The molecule has 0 atom stereocenters. The van der Waals surface area contributed by atoms with E-state index in [0.717, 1.165) is 22.4 Å². The van der Waals surface area contributed by atoms with E-state index in [0.29, 0.717) is 29.0 Å². The summed E-state index contributed by atoms with van der Waals surface area (Å²) in [6.45, 7) is 11.7. The van der Waals surface area contributed by atoms with E-state index in [-0.39, 0.29) is 11.3 Å². The van der Waals surface area contributed by atoms with E-state index in [1.807, 2.05) is 32.9 Å². The number of amides is 1. The third-order valence-electron chi connectivity index (χ3n) is 5.34. The van der Waals surface area contributed by atoms with Crippen molar-refractivity contribution in [3.8, 4) is 22.6 Å². The first kappa shape index (κ1) is 23.7. The van der Waals surface area contributed by atoms with Gasteiger partial charge in [-0.3, -0.25) is 14.4 Å². The molecule has 0 radical (unpaired) electrons. The number of rotatable bonds is 7. The van der Waals surface area contributed by atoms with E-state index in [4.69, 9.17) is 4.74 Å². The number of hydrogen-bond donors (Lipinski definition) is 1. The second-order valence-corrected chi connectivity index (χ2v) is 8.03. The Kier molecular flexibility index (Phi) is 6.97. The highest BCUT2D eigenvalue weighted by atomic mass is 16.5. The van der Waals surface area contributed by atoms with Crippen molar-refractivity contribution < 1.29 is 14.3 Å². The Balaban J connectivity index is 2.24. The van der Waals surface area contributed by atoms with Crippen LogP contribution in [0.3, 0.4) is 0 Å². The Morgan fingerprint density at radius 3 is 2.36 bits per heavy atom. The number of pyridine rings is 1. The molecule has 1 aromatic heterocycles. The number of ketones is 1. The van der Waals surface area contributed by atoms with Gasteiger partial charge in [0.05, 0.1) is 0 Å². The van der Waals surface area contributed by atoms with Crippen molar-refractivity contribution in [3.05, 3.63) is 93.4 Å². The molecule has 33 heavy (non-hydrogen) atoms. The smallest absolute Gasteiger partial charge is 0.263 e. The summed E-state index contributed by atoms with van der Waals surface area (Å²) in [6.07, 6.45) is 2.87. The number of aromatic nitrogens is 1. The van der Waals surface area contributed by atoms with Gasteiger partial charge in [0, 0.05) is 36.5 Å². The number of benzene rings is 2. The summed E-state index contributed by atoms with van der Waals surface area (Å²) in [5.74, 6) is 0.537. The average Bonchev–Trinajstić information content (AvgIpc) is 2.77. The van der Waals surface area contributed by atoms with Crippen LogP contribution in [0.5, 0.6) is 11.5 Å². The topological polar surface area (TPSA) is 77.4 Å². The molecule has 3 aromatic rings. The first-order chi connectivity index (χ1) is 15.7. The molecule has 0 spiro atoms. The largest absolute Gasteiger partial charge is 0.456 e. The maximum atomic E-state index is 12.6. The number of ether oxygens (including phenoxy) is 1. The van der Waals surface area contributed by atoms with E-state index in [2.05, 4.69) is 11.9 Å². The SMILES string of the molecule is C=CC(=O)c1ccc(Oc2c(C)cc(C)cc2C)c(-c2cc(C(=O)NCC)c(=O)n(C)c2)c1. The lowest BCUT2D eigenvalue weighted by molar-refractivity contribution is 0.0953. The van der Waals surface area contributed by atoms with Gasteiger partial charge in [-0.1, -0.05) is 24.3 Å². The molecule has 6 heteroatoms. The minimum atomic E-state index is -0.453. The molecule has 0 fully saturated rings. The fourth-order valence-corrected chi connectivity index (χ4v) is 3.83. The summed E-state index contributed by atoms with van der Waals surface area (Å²) < 4.78 is 7.70. The van der Waals surface area contributed by atoms with E-state index in [1.54, 1.807) is 38.4 Å². The molecule has 0 aliphatic rings. The molecule has 3 rings (SSSR count). The molecule has 0 saturated heterocycles. The number of aryl methyl sites for hydroxylation is 4. The summed E-state index contributed by atoms with van der Waals surface area (Å²) in [6, 6.07) is 10.7. The standard InChI is InChI=1S/C27H28N2O4/c1-7-23(30)19-9-10-24(33-25-17(4)11-16(3)12-18(25)5)21(13-19)20-14-22(26(31)28-8-2)27(32)29(6)15-20/h7,9-15H,1,8H2,2-6H3,(H,28,31). The summed E-state index contributed by atoms with van der Waals surface area (Å²) in [4.78, 5) is 37.4. The normalized spacial score (nSPS) is 10.6. The molecule has 1 N–H and O–H groups in total. The van der Waals surface area contributed by atoms with Crippen LogP contribution in [-0.2, 0) is 7.05 Å². The van der Waals surface area contributed by atoms with Gasteiger partial charge in [-0.05, 0) is 69.2 Å². The monoisotopic (exact) mass is 444 g/mol. The summed E-state index contributed by atoms with van der Waals surface area (Å²) in [5.41, 5.74) is 4.30. The van der Waals surface area contributed by atoms with Gasteiger partial charge in [0.15, 0.2) is 5.78 Å². The van der Waals surface area contributed by atoms with Gasteiger partial charge in [0.25, 0.3) is 11.5 Å². The highest BCUT2D eigenvalue weighted by molar-refractivity contribution is 6.05. The molecule has 0 bridgehead atoms. The van der Waals surface area contributed by atoms with Gasteiger partial charge in [-0.2, -0.15) is 0 Å². The Morgan fingerprint density at radius 2 is 1.76 bits per heavy atom. The third-order valence-corrected chi connectivity index (χ3v) is 5.34. The van der Waals surface area contributed by atoms with Crippen LogP contribution in [0.15, 0.2) is 60.0 Å². The second kappa shape index (κ2) is 9.69. The van der Waals surface area contributed by atoms with Crippen molar-refractivity contribution in [2.75, 3.05) is 6.54 Å². The Labute approximate surface area is 193 Å². The lowest BCUT2D eigenvalue weighted by Crippen LogP contribution is -2.32. The van der Waals surface area contributed by atoms with Gasteiger partial charge in [0.2, 0.25) is 0 Å². The van der Waals surface area contributed by atoms with Crippen LogP contribution < -0.4 is 15.6 Å². The van der Waals surface area contributed by atoms with Crippen LogP contribution in [-0.4, -0.2) is 22.8 Å². The molecule has 1 heterocycles. The van der Waals surface area contributed by atoms with Gasteiger partial charge in [0.1, 0.15) is 17.1 Å². The Bertz CT molecular complexity index is 1300. The molecular weight excluding hydrogens is 416 g/mol. The summed E-state index contributed by atoms with van der Waals surface area (Å²) in [5, 5.41) is 2.67. The molecule has 6 nitrogen and oxygen atoms in total. The highest BCUT2D eigenvalue weighted by Gasteiger charge is 2.18. The first-order valence-electron chi connectivity index (χ1n) is 10.7. The molecule has 0 unspecified atom stereocenters. The number of carbonyl (C=O) groups excluding carboxylic acids is 2. The fraction of sp³-hybridized carbons (Fsp3) is 0.222. The second-order valence-electron chi connectivity index (χ2n) is 8.03. The first-order valence-corrected chi connectivity index (χ1v) is 10.7. The van der Waals surface area contributed by atoms with Crippen molar-refractivity contribution >= 4 is 11.7 Å². The molecule has 1 amide bonds. The van der Waals surface area contributed by atoms with Crippen molar-refractivity contribution in [1.29, 1.82) is 0 Å². The summed E-state index contributed by atoms with van der Waals surface area (Å²) >= 11 is 0. The maximum Gasteiger partial charge on any atom is 0.263 e. The number of carbonyl (C=O) groups is 2. The van der Waals surface area contributed by atoms with Crippen molar-refractivity contribution in [2.45, 2.75) is 27.7 Å². The fourth-order valence-electron chi connectivity index (χ4n) is 3.83. The minimum absolute atomic E-state index is 0.0194. The van der Waals surface area contributed by atoms with Crippen molar-refractivity contribution in [1.82, 2.24) is 9.88 Å². The number of allylic oxidation sites excluding steroid dienone is 1. The zero-order valence-corrected chi connectivity index (χ0v) is 19.6. The molecule has 0 aliphatic heterocycles. The van der Waals surface area contributed by atoms with Crippen molar-refractivity contribution in [3.63, 3.8) is 0 Å². The average molecular weight is 445 g/mol. The zero-order chi connectivity index (χ0) is 24.3. The maximum absolute atomic E-state index is 12.6. The van der Waals surface area contributed by atoms with E-state index < -0.39 is 11.5 Å². The third kappa shape index (κ3) is 4.95. The number of nitrogens with one attached hydrogen (secondary N) is 1. The minimum Gasteiger partial charge on any atom is -0.456 e. The van der Waals surface area contributed by atoms with Crippen LogP contribution in [0.2, 0.25) is 0 Å². The van der Waals surface area contributed by atoms with Gasteiger partial charge in [-0.25, -0.2) is 0 Å². The lowest BCUT2D eigenvalue weighted by atomic mass is 9.99.